The Hall–Kier alpha value is -1.01. The van der Waals surface area contributed by atoms with Crippen LogP contribution >= 0.6 is 0 Å². The van der Waals surface area contributed by atoms with Gasteiger partial charge in [-0.1, -0.05) is 0 Å². The van der Waals surface area contributed by atoms with Gasteiger partial charge in [-0.05, 0) is 44.9 Å². The topological polar surface area (TPSA) is 102 Å². The molecule has 0 radical (unpaired) electrons. The maximum Gasteiger partial charge on any atom is 0.309 e. The molecule has 0 aromatic carbocycles. The molecule has 0 amide bonds. The fourth-order valence-electron chi connectivity index (χ4n) is 2.86. The highest BCUT2D eigenvalue weighted by molar-refractivity contribution is 5.70. The first-order chi connectivity index (χ1) is 9.06. The standard InChI is InChI=1S/C13H22N2O4/c16-10-4-1-8(2-5-10)14-15-9-3-6-12(17)11(7-9)13(18)19/h8-12,16-17H,1-7H2,(H,18,19). The molecule has 6 nitrogen and oxygen atoms in total. The molecule has 3 unspecified atom stereocenters. The Bertz CT molecular complexity index is 340. The fraction of sp³-hybridized carbons (Fsp3) is 0.923. The minimum Gasteiger partial charge on any atom is -0.481 e. The van der Waals surface area contributed by atoms with Gasteiger partial charge in [0.25, 0.3) is 0 Å². The molecule has 0 aromatic rings. The summed E-state index contributed by atoms with van der Waals surface area (Å²) in [5, 5.41) is 36.6. The average molecular weight is 270 g/mol. The number of carboxylic acid groups (broad SMARTS) is 1. The molecular weight excluding hydrogens is 248 g/mol. The average Bonchev–Trinajstić information content (AvgIpc) is 2.39. The molecule has 3 atom stereocenters. The van der Waals surface area contributed by atoms with Crippen molar-refractivity contribution in [2.45, 2.75) is 69.2 Å². The lowest BCUT2D eigenvalue weighted by Crippen LogP contribution is -2.36. The second-order valence-corrected chi connectivity index (χ2v) is 5.67. The predicted octanol–water partition coefficient (Wildman–Crippen LogP) is 1.36. The first-order valence-corrected chi connectivity index (χ1v) is 7.05. The van der Waals surface area contributed by atoms with Crippen molar-refractivity contribution in [3.05, 3.63) is 0 Å². The molecule has 19 heavy (non-hydrogen) atoms. The highest BCUT2D eigenvalue weighted by Crippen LogP contribution is 2.28. The van der Waals surface area contributed by atoms with E-state index < -0.39 is 18.0 Å². The summed E-state index contributed by atoms with van der Waals surface area (Å²) in [4.78, 5) is 11.0. The molecule has 2 rings (SSSR count). The Balaban J connectivity index is 1.84. The van der Waals surface area contributed by atoms with E-state index in [1.54, 1.807) is 0 Å². The maximum absolute atomic E-state index is 11.0. The van der Waals surface area contributed by atoms with Crippen LogP contribution in [0.1, 0.15) is 44.9 Å². The van der Waals surface area contributed by atoms with Gasteiger partial charge in [0.15, 0.2) is 0 Å². The number of aliphatic hydroxyl groups is 2. The summed E-state index contributed by atoms with van der Waals surface area (Å²) in [6, 6.07) is 0.0786. The third kappa shape index (κ3) is 3.98. The van der Waals surface area contributed by atoms with Crippen molar-refractivity contribution in [3.63, 3.8) is 0 Å². The van der Waals surface area contributed by atoms with E-state index in [1.165, 1.54) is 0 Å². The normalized spacial score (nSPS) is 40.4. The quantitative estimate of drug-likeness (QED) is 0.674. The van der Waals surface area contributed by atoms with Gasteiger partial charge in [0.2, 0.25) is 0 Å². The summed E-state index contributed by atoms with van der Waals surface area (Å²) >= 11 is 0. The van der Waals surface area contributed by atoms with Crippen LogP contribution in [0.2, 0.25) is 0 Å². The van der Waals surface area contributed by atoms with Gasteiger partial charge in [-0.2, -0.15) is 10.2 Å². The Morgan fingerprint density at radius 1 is 0.895 bits per heavy atom. The lowest BCUT2D eigenvalue weighted by molar-refractivity contribution is -0.147. The summed E-state index contributed by atoms with van der Waals surface area (Å²) in [5.41, 5.74) is 0. The van der Waals surface area contributed by atoms with Crippen LogP contribution in [0.5, 0.6) is 0 Å². The molecule has 0 heterocycles. The van der Waals surface area contributed by atoms with Crippen molar-refractivity contribution in [2.24, 2.45) is 16.1 Å². The SMILES string of the molecule is O=C(O)C1CC(N=NC2CCC(O)CC2)CCC1O. The van der Waals surface area contributed by atoms with Crippen molar-refractivity contribution >= 4 is 5.97 Å². The largest absolute Gasteiger partial charge is 0.481 e. The van der Waals surface area contributed by atoms with E-state index in [0.717, 1.165) is 25.7 Å². The van der Waals surface area contributed by atoms with Gasteiger partial charge in [0.05, 0.1) is 30.2 Å². The minimum absolute atomic E-state index is 0.0867. The fourth-order valence-corrected chi connectivity index (χ4v) is 2.86. The zero-order valence-corrected chi connectivity index (χ0v) is 11.0. The number of carbonyl (C=O) groups is 1. The lowest BCUT2D eigenvalue weighted by Gasteiger charge is -2.28. The third-order valence-electron chi connectivity index (χ3n) is 4.16. The van der Waals surface area contributed by atoms with Crippen LogP contribution in [-0.2, 0) is 4.79 Å². The molecule has 0 aliphatic heterocycles. The first kappa shape index (κ1) is 14.4. The van der Waals surface area contributed by atoms with Crippen molar-refractivity contribution in [1.29, 1.82) is 0 Å². The van der Waals surface area contributed by atoms with Crippen molar-refractivity contribution in [3.8, 4) is 0 Å². The van der Waals surface area contributed by atoms with Gasteiger partial charge in [0, 0.05) is 0 Å². The lowest BCUT2D eigenvalue weighted by atomic mass is 9.84. The van der Waals surface area contributed by atoms with Crippen LogP contribution in [0.4, 0.5) is 0 Å². The molecule has 108 valence electrons. The monoisotopic (exact) mass is 270 g/mol. The number of hydrogen-bond donors (Lipinski definition) is 3. The highest BCUT2D eigenvalue weighted by Gasteiger charge is 2.34. The molecule has 3 N–H and O–H groups in total. The van der Waals surface area contributed by atoms with Crippen LogP contribution in [0.15, 0.2) is 10.2 Å². The van der Waals surface area contributed by atoms with E-state index in [1.807, 2.05) is 0 Å². The Kier molecular flexibility index (Phi) is 4.87. The second kappa shape index (κ2) is 6.43. The smallest absolute Gasteiger partial charge is 0.309 e. The van der Waals surface area contributed by atoms with Crippen LogP contribution in [0, 0.1) is 5.92 Å². The molecule has 2 saturated carbocycles. The maximum atomic E-state index is 11.0. The van der Waals surface area contributed by atoms with Gasteiger partial charge in [-0.3, -0.25) is 4.79 Å². The molecule has 2 aliphatic carbocycles. The van der Waals surface area contributed by atoms with Crippen LogP contribution in [-0.4, -0.2) is 45.6 Å². The van der Waals surface area contributed by atoms with Gasteiger partial charge >= 0.3 is 5.97 Å². The van der Waals surface area contributed by atoms with Crippen LogP contribution in [0.3, 0.4) is 0 Å². The molecule has 0 aromatic heterocycles. The predicted molar refractivity (Wildman–Crippen MR) is 67.9 cm³/mol. The zero-order valence-electron chi connectivity index (χ0n) is 11.0. The minimum atomic E-state index is -0.951. The Morgan fingerprint density at radius 2 is 1.47 bits per heavy atom. The van der Waals surface area contributed by atoms with Crippen LogP contribution in [0.25, 0.3) is 0 Å². The first-order valence-electron chi connectivity index (χ1n) is 7.05. The molecule has 2 fully saturated rings. The van der Waals surface area contributed by atoms with Crippen LogP contribution < -0.4 is 0 Å². The molecule has 0 bridgehead atoms. The number of hydrogen-bond acceptors (Lipinski definition) is 5. The molecule has 0 spiro atoms. The number of nitrogens with zero attached hydrogens (tertiary/aromatic N) is 2. The van der Waals surface area contributed by atoms with Gasteiger partial charge in [0.1, 0.15) is 0 Å². The van der Waals surface area contributed by atoms with Crippen molar-refractivity contribution in [1.82, 2.24) is 0 Å². The summed E-state index contributed by atoms with van der Waals surface area (Å²) < 4.78 is 0. The van der Waals surface area contributed by atoms with Gasteiger partial charge in [-0.25, -0.2) is 0 Å². The van der Waals surface area contributed by atoms with E-state index in [9.17, 15) is 15.0 Å². The number of azo groups is 1. The zero-order chi connectivity index (χ0) is 13.8. The van der Waals surface area contributed by atoms with E-state index in [-0.39, 0.29) is 18.2 Å². The van der Waals surface area contributed by atoms with Gasteiger partial charge < -0.3 is 15.3 Å². The van der Waals surface area contributed by atoms with Crippen molar-refractivity contribution in [2.75, 3.05) is 0 Å². The molecule has 0 saturated heterocycles. The van der Waals surface area contributed by atoms with E-state index in [2.05, 4.69) is 10.2 Å². The summed E-state index contributed by atoms with van der Waals surface area (Å²) in [6.07, 6.45) is 3.82. The summed E-state index contributed by atoms with van der Waals surface area (Å²) in [6.45, 7) is 0. The molecular formula is C13H22N2O4. The molecule has 6 heteroatoms. The second-order valence-electron chi connectivity index (χ2n) is 5.67. The number of aliphatic carboxylic acids is 1. The number of carboxylic acids is 1. The highest BCUT2D eigenvalue weighted by atomic mass is 16.4. The van der Waals surface area contributed by atoms with E-state index in [0.29, 0.717) is 19.3 Å². The van der Waals surface area contributed by atoms with Crippen molar-refractivity contribution < 1.29 is 20.1 Å². The van der Waals surface area contributed by atoms with E-state index >= 15 is 0 Å². The Morgan fingerprint density at radius 3 is 2.11 bits per heavy atom. The summed E-state index contributed by atoms with van der Waals surface area (Å²) in [7, 11) is 0. The van der Waals surface area contributed by atoms with Gasteiger partial charge in [-0.15, -0.1) is 0 Å². The van der Waals surface area contributed by atoms with E-state index in [4.69, 9.17) is 5.11 Å². The number of rotatable bonds is 3. The summed E-state index contributed by atoms with van der Waals surface area (Å²) in [5.74, 6) is -1.67. The Labute approximate surface area is 112 Å². The third-order valence-corrected chi connectivity index (χ3v) is 4.16. The molecule has 2 aliphatic rings. The number of aliphatic hydroxyl groups excluding tert-OH is 2.